The fraction of sp³-hybridized carbons (Fsp3) is 0.750. The lowest BCUT2D eigenvalue weighted by Gasteiger charge is -2.45. The molecule has 2 unspecified atom stereocenters. The van der Waals surface area contributed by atoms with Crippen molar-refractivity contribution in [2.45, 2.75) is 43.4 Å². The first-order chi connectivity index (χ1) is 11.1. The van der Waals surface area contributed by atoms with Crippen molar-refractivity contribution in [3.05, 3.63) is 18.2 Å². The number of imidazole rings is 1. The summed E-state index contributed by atoms with van der Waals surface area (Å²) in [5, 5.41) is 11.1. The summed E-state index contributed by atoms with van der Waals surface area (Å²) in [4.78, 5) is 21.1. The molecule has 4 heterocycles. The van der Waals surface area contributed by atoms with E-state index in [0.29, 0.717) is 45.0 Å². The zero-order valence-electron chi connectivity index (χ0n) is 13.5. The van der Waals surface area contributed by atoms with Gasteiger partial charge in [0.25, 0.3) is 0 Å². The molecule has 3 saturated heterocycles. The number of carbonyl (C=O) groups is 1. The molecule has 2 atom stereocenters. The number of nitrogens with zero attached hydrogens (tertiary/aromatic N) is 4. The molecule has 2 amide bonds. The van der Waals surface area contributed by atoms with Crippen molar-refractivity contribution < 1.29 is 14.6 Å². The van der Waals surface area contributed by atoms with Gasteiger partial charge in [0.2, 0.25) is 0 Å². The molecule has 0 aromatic carbocycles. The molecular formula is C16H24N4O3. The molecule has 1 aromatic heterocycles. The summed E-state index contributed by atoms with van der Waals surface area (Å²) in [5.41, 5.74) is -0.925. The molecule has 1 aromatic rings. The van der Waals surface area contributed by atoms with E-state index < -0.39 is 5.60 Å². The van der Waals surface area contributed by atoms with Crippen LogP contribution in [0.4, 0.5) is 4.79 Å². The number of amides is 2. The molecule has 3 aliphatic rings. The standard InChI is InChI=1S/C16H24N4O3/c1-18-5-4-17-14(18)16(22)10-12-2-3-13(11-16)20(12)15(21)19-6-8-23-9-7-19/h4-5,12-13,22H,2-3,6-11H2,1H3. The molecule has 23 heavy (non-hydrogen) atoms. The van der Waals surface area contributed by atoms with Crippen molar-refractivity contribution >= 4 is 6.03 Å². The Morgan fingerprint density at radius 1 is 1.30 bits per heavy atom. The predicted molar refractivity (Wildman–Crippen MR) is 82.8 cm³/mol. The second kappa shape index (κ2) is 5.49. The Kier molecular flexibility index (Phi) is 3.57. The Morgan fingerprint density at radius 2 is 1.96 bits per heavy atom. The van der Waals surface area contributed by atoms with Crippen molar-refractivity contribution in [2.24, 2.45) is 7.05 Å². The quantitative estimate of drug-likeness (QED) is 0.826. The number of hydrogen-bond acceptors (Lipinski definition) is 4. The van der Waals surface area contributed by atoms with Gasteiger partial charge in [-0.15, -0.1) is 0 Å². The number of urea groups is 1. The number of morpholine rings is 1. The third kappa shape index (κ3) is 2.42. The first-order valence-electron chi connectivity index (χ1n) is 8.44. The maximum atomic E-state index is 12.9. The fourth-order valence-electron chi connectivity index (χ4n) is 4.45. The van der Waals surface area contributed by atoms with Gasteiger partial charge in [-0.2, -0.15) is 0 Å². The number of aryl methyl sites for hydroxylation is 1. The lowest BCUT2D eigenvalue weighted by atomic mass is 9.85. The van der Waals surface area contributed by atoms with Crippen molar-refractivity contribution in [3.63, 3.8) is 0 Å². The van der Waals surface area contributed by atoms with Gasteiger partial charge in [-0.25, -0.2) is 9.78 Å². The van der Waals surface area contributed by atoms with Crippen LogP contribution in [0.1, 0.15) is 31.5 Å². The van der Waals surface area contributed by atoms with Crippen LogP contribution in [0, 0.1) is 0 Å². The number of carbonyl (C=O) groups excluding carboxylic acids is 1. The van der Waals surface area contributed by atoms with Crippen LogP contribution in [-0.4, -0.2) is 68.9 Å². The van der Waals surface area contributed by atoms with Crippen LogP contribution < -0.4 is 0 Å². The van der Waals surface area contributed by atoms with Crippen LogP contribution in [0.15, 0.2) is 12.4 Å². The minimum absolute atomic E-state index is 0.103. The van der Waals surface area contributed by atoms with Gasteiger partial charge in [0.1, 0.15) is 11.4 Å². The predicted octanol–water partition coefficient (Wildman–Crippen LogP) is 0.687. The first-order valence-corrected chi connectivity index (χ1v) is 8.44. The van der Waals surface area contributed by atoms with E-state index in [1.165, 1.54) is 0 Å². The summed E-state index contributed by atoms with van der Waals surface area (Å²) >= 11 is 0. The third-order valence-corrected chi connectivity index (χ3v) is 5.51. The van der Waals surface area contributed by atoms with E-state index in [1.54, 1.807) is 6.20 Å². The van der Waals surface area contributed by atoms with E-state index in [2.05, 4.69) is 4.98 Å². The van der Waals surface area contributed by atoms with Crippen molar-refractivity contribution in [1.29, 1.82) is 0 Å². The molecule has 2 bridgehead atoms. The highest BCUT2D eigenvalue weighted by Gasteiger charge is 2.52. The summed E-state index contributed by atoms with van der Waals surface area (Å²) in [6.45, 7) is 2.56. The summed E-state index contributed by atoms with van der Waals surface area (Å²) in [5.74, 6) is 0.716. The topological polar surface area (TPSA) is 70.8 Å². The molecule has 4 rings (SSSR count). The van der Waals surface area contributed by atoms with Crippen LogP contribution in [0.25, 0.3) is 0 Å². The van der Waals surface area contributed by atoms with Crippen molar-refractivity contribution in [3.8, 4) is 0 Å². The van der Waals surface area contributed by atoms with Crippen LogP contribution >= 0.6 is 0 Å². The minimum atomic E-state index is -0.925. The molecule has 0 radical (unpaired) electrons. The van der Waals surface area contributed by atoms with E-state index in [9.17, 15) is 9.90 Å². The van der Waals surface area contributed by atoms with Crippen LogP contribution in [0.2, 0.25) is 0 Å². The number of aromatic nitrogens is 2. The lowest BCUT2D eigenvalue weighted by molar-refractivity contribution is -0.0579. The van der Waals surface area contributed by atoms with E-state index in [4.69, 9.17) is 4.74 Å². The van der Waals surface area contributed by atoms with Gasteiger partial charge in [0.05, 0.1) is 13.2 Å². The number of rotatable bonds is 1. The van der Waals surface area contributed by atoms with Crippen molar-refractivity contribution in [1.82, 2.24) is 19.4 Å². The van der Waals surface area contributed by atoms with Gasteiger partial charge in [-0.1, -0.05) is 0 Å². The highest BCUT2D eigenvalue weighted by atomic mass is 16.5. The third-order valence-electron chi connectivity index (χ3n) is 5.51. The van der Waals surface area contributed by atoms with Gasteiger partial charge in [0.15, 0.2) is 0 Å². The summed E-state index contributed by atoms with van der Waals surface area (Å²) in [7, 11) is 1.91. The molecular weight excluding hydrogens is 296 g/mol. The number of piperidine rings is 1. The molecule has 0 saturated carbocycles. The van der Waals surface area contributed by atoms with Gasteiger partial charge in [-0.3, -0.25) is 0 Å². The highest BCUT2D eigenvalue weighted by Crippen LogP contribution is 2.45. The molecule has 7 heteroatoms. The average Bonchev–Trinajstić information content (AvgIpc) is 3.10. The van der Waals surface area contributed by atoms with Gasteiger partial charge >= 0.3 is 6.03 Å². The summed E-state index contributed by atoms with van der Waals surface area (Å²) in [6.07, 6.45) is 6.66. The maximum absolute atomic E-state index is 12.9. The largest absolute Gasteiger partial charge is 0.382 e. The molecule has 7 nitrogen and oxygen atoms in total. The number of ether oxygens (including phenoxy) is 1. The fourth-order valence-corrected chi connectivity index (χ4v) is 4.45. The average molecular weight is 320 g/mol. The molecule has 3 aliphatic heterocycles. The van der Waals surface area contributed by atoms with Crippen LogP contribution in [-0.2, 0) is 17.4 Å². The van der Waals surface area contributed by atoms with Gasteiger partial charge in [0, 0.05) is 57.5 Å². The lowest BCUT2D eigenvalue weighted by Crippen LogP contribution is -2.57. The zero-order valence-corrected chi connectivity index (χ0v) is 13.5. The highest BCUT2D eigenvalue weighted by molar-refractivity contribution is 5.76. The van der Waals surface area contributed by atoms with Gasteiger partial charge in [-0.05, 0) is 12.8 Å². The van der Waals surface area contributed by atoms with E-state index in [1.807, 2.05) is 27.6 Å². The Hall–Kier alpha value is -1.60. The number of fused-ring (bicyclic) bond motifs is 2. The zero-order chi connectivity index (χ0) is 16.0. The van der Waals surface area contributed by atoms with Gasteiger partial charge < -0.3 is 24.2 Å². The molecule has 3 fully saturated rings. The number of aliphatic hydroxyl groups is 1. The number of hydrogen-bond donors (Lipinski definition) is 1. The Bertz CT molecular complexity index is 582. The van der Waals surface area contributed by atoms with Crippen LogP contribution in [0.3, 0.4) is 0 Å². The second-order valence-corrected chi connectivity index (χ2v) is 6.98. The Labute approximate surface area is 135 Å². The molecule has 126 valence electrons. The summed E-state index contributed by atoms with van der Waals surface area (Å²) < 4.78 is 7.23. The minimum Gasteiger partial charge on any atom is -0.382 e. The van der Waals surface area contributed by atoms with E-state index >= 15 is 0 Å². The van der Waals surface area contributed by atoms with E-state index in [0.717, 1.165) is 12.8 Å². The first kappa shape index (κ1) is 15.0. The molecule has 1 N–H and O–H groups in total. The molecule has 0 spiro atoms. The van der Waals surface area contributed by atoms with Crippen LogP contribution in [0.5, 0.6) is 0 Å². The summed E-state index contributed by atoms with van der Waals surface area (Å²) in [6, 6.07) is 0.319. The van der Waals surface area contributed by atoms with Crippen molar-refractivity contribution in [2.75, 3.05) is 26.3 Å². The Morgan fingerprint density at radius 3 is 2.52 bits per heavy atom. The second-order valence-electron chi connectivity index (χ2n) is 6.98. The maximum Gasteiger partial charge on any atom is 0.320 e. The Balaban J connectivity index is 1.54. The molecule has 0 aliphatic carbocycles. The van der Waals surface area contributed by atoms with E-state index in [-0.39, 0.29) is 18.1 Å². The smallest absolute Gasteiger partial charge is 0.320 e. The monoisotopic (exact) mass is 320 g/mol. The normalized spacial score (nSPS) is 34.0. The SMILES string of the molecule is Cn1ccnc1C1(O)CC2CCC(C1)N2C(=O)N1CCOCC1.